The molecule has 1 heterocycles. The Bertz CT molecular complexity index is 628. The van der Waals surface area contributed by atoms with Crippen LogP contribution in [0, 0.1) is 12.7 Å². The van der Waals surface area contributed by atoms with Gasteiger partial charge in [-0.1, -0.05) is 6.07 Å². The summed E-state index contributed by atoms with van der Waals surface area (Å²) in [7, 11) is 1.70. The molecule has 7 heteroatoms. The summed E-state index contributed by atoms with van der Waals surface area (Å²) in [5.41, 5.74) is 0.686. The number of aryl methyl sites for hydroxylation is 1. The van der Waals surface area contributed by atoms with Gasteiger partial charge in [0.2, 0.25) is 0 Å². The fourth-order valence-electron chi connectivity index (χ4n) is 2.66. The van der Waals surface area contributed by atoms with Crippen molar-refractivity contribution in [3.63, 3.8) is 0 Å². The number of ether oxygens (including phenoxy) is 1. The molecule has 0 radical (unpaired) electrons. The molecule has 1 aliphatic rings. The lowest BCUT2D eigenvalue weighted by atomic mass is 10.0. The Morgan fingerprint density at radius 1 is 1.32 bits per heavy atom. The van der Waals surface area contributed by atoms with Crippen LogP contribution in [0.15, 0.2) is 23.2 Å². The predicted molar refractivity (Wildman–Crippen MR) is 96.4 cm³/mol. The topological polar surface area (TPSA) is 74.8 Å². The standard InChI is InChI=1S/C18H27FN4O2/c1-13-5-6-14(11-15(13)19)16(24)21-8-9-22-17(20-3)23-12-18(2)7-4-10-25-18/h5-6,11H,4,7-10,12H2,1-3H3,(H,21,24)(H2,20,22,23). The van der Waals surface area contributed by atoms with Crippen LogP contribution < -0.4 is 16.0 Å². The maximum atomic E-state index is 13.5. The van der Waals surface area contributed by atoms with Gasteiger partial charge in [0.1, 0.15) is 5.82 Å². The first-order valence-electron chi connectivity index (χ1n) is 8.56. The Morgan fingerprint density at radius 2 is 2.08 bits per heavy atom. The van der Waals surface area contributed by atoms with Gasteiger partial charge in [-0.25, -0.2) is 4.39 Å². The number of nitrogens with one attached hydrogen (secondary N) is 3. The first-order valence-corrected chi connectivity index (χ1v) is 8.56. The van der Waals surface area contributed by atoms with Gasteiger partial charge < -0.3 is 20.7 Å². The minimum atomic E-state index is -0.377. The van der Waals surface area contributed by atoms with E-state index < -0.39 is 0 Å². The van der Waals surface area contributed by atoms with Gasteiger partial charge in [0.25, 0.3) is 5.91 Å². The number of aliphatic imine (C=N–C) groups is 1. The summed E-state index contributed by atoms with van der Waals surface area (Å²) in [6.07, 6.45) is 2.11. The molecule has 138 valence electrons. The molecule has 1 aromatic rings. The third-order valence-electron chi connectivity index (χ3n) is 4.29. The molecule has 0 saturated carbocycles. The van der Waals surface area contributed by atoms with E-state index in [4.69, 9.17) is 4.74 Å². The number of amides is 1. The highest BCUT2D eigenvalue weighted by atomic mass is 19.1. The number of rotatable bonds is 6. The lowest BCUT2D eigenvalue weighted by Gasteiger charge is -2.24. The molecule has 1 saturated heterocycles. The fraction of sp³-hybridized carbons (Fsp3) is 0.556. The molecule has 1 aromatic carbocycles. The van der Waals surface area contributed by atoms with Crippen molar-refractivity contribution >= 4 is 11.9 Å². The lowest BCUT2D eigenvalue weighted by molar-refractivity contribution is 0.0243. The van der Waals surface area contributed by atoms with Crippen molar-refractivity contribution in [2.45, 2.75) is 32.3 Å². The number of carbonyl (C=O) groups is 1. The molecule has 1 atom stereocenters. The van der Waals surface area contributed by atoms with Crippen LogP contribution in [0.3, 0.4) is 0 Å². The lowest BCUT2D eigenvalue weighted by Crippen LogP contribution is -2.47. The van der Waals surface area contributed by atoms with Crippen LogP contribution in [-0.4, -0.2) is 50.8 Å². The second kappa shape index (κ2) is 8.80. The first-order chi connectivity index (χ1) is 11.9. The van der Waals surface area contributed by atoms with Gasteiger partial charge in [-0.2, -0.15) is 0 Å². The Morgan fingerprint density at radius 3 is 2.72 bits per heavy atom. The second-order valence-corrected chi connectivity index (χ2v) is 6.47. The zero-order valence-corrected chi connectivity index (χ0v) is 15.1. The van der Waals surface area contributed by atoms with Crippen molar-refractivity contribution in [3.8, 4) is 0 Å². The molecule has 1 aliphatic heterocycles. The highest BCUT2D eigenvalue weighted by molar-refractivity contribution is 5.94. The number of guanidine groups is 1. The summed E-state index contributed by atoms with van der Waals surface area (Å²) in [6, 6.07) is 4.46. The number of halogens is 1. The molecular weight excluding hydrogens is 323 g/mol. The predicted octanol–water partition coefficient (Wildman–Crippen LogP) is 1.60. The number of benzene rings is 1. The van der Waals surface area contributed by atoms with Gasteiger partial charge in [0.05, 0.1) is 5.60 Å². The molecule has 1 amide bonds. The van der Waals surface area contributed by atoms with Crippen molar-refractivity contribution in [2.24, 2.45) is 4.99 Å². The van der Waals surface area contributed by atoms with E-state index in [9.17, 15) is 9.18 Å². The summed E-state index contributed by atoms with van der Waals surface area (Å²) in [5.74, 6) is -0.0131. The number of hydrogen-bond acceptors (Lipinski definition) is 3. The molecule has 25 heavy (non-hydrogen) atoms. The highest BCUT2D eigenvalue weighted by Gasteiger charge is 2.29. The molecule has 3 N–H and O–H groups in total. The van der Waals surface area contributed by atoms with Crippen molar-refractivity contribution in [2.75, 3.05) is 33.3 Å². The zero-order valence-electron chi connectivity index (χ0n) is 15.1. The van der Waals surface area contributed by atoms with Crippen LogP contribution in [0.1, 0.15) is 35.7 Å². The van der Waals surface area contributed by atoms with Gasteiger partial charge in [-0.05, 0) is 44.4 Å². The van der Waals surface area contributed by atoms with Crippen LogP contribution in [-0.2, 0) is 4.74 Å². The van der Waals surface area contributed by atoms with Gasteiger partial charge in [-0.3, -0.25) is 9.79 Å². The van der Waals surface area contributed by atoms with Gasteiger partial charge in [-0.15, -0.1) is 0 Å². The summed E-state index contributed by atoms with van der Waals surface area (Å²) >= 11 is 0. The van der Waals surface area contributed by atoms with E-state index in [2.05, 4.69) is 27.9 Å². The Labute approximate surface area is 148 Å². The molecular formula is C18H27FN4O2. The number of carbonyl (C=O) groups excluding carboxylic acids is 1. The molecule has 6 nitrogen and oxygen atoms in total. The van der Waals surface area contributed by atoms with Gasteiger partial charge in [0.15, 0.2) is 5.96 Å². The summed E-state index contributed by atoms with van der Waals surface area (Å²) in [6.45, 7) is 6.15. The molecule has 0 aromatic heterocycles. The van der Waals surface area contributed by atoms with Crippen molar-refractivity contribution in [1.29, 1.82) is 0 Å². The summed E-state index contributed by atoms with van der Waals surface area (Å²) in [5, 5.41) is 9.12. The van der Waals surface area contributed by atoms with E-state index in [0.717, 1.165) is 19.4 Å². The quantitative estimate of drug-likeness (QED) is 0.414. The summed E-state index contributed by atoms with van der Waals surface area (Å²) < 4.78 is 19.2. The Hall–Kier alpha value is -2.15. The molecule has 1 unspecified atom stereocenters. The SMILES string of the molecule is CN=C(NCCNC(=O)c1ccc(C)c(F)c1)NCC1(C)CCCO1. The average Bonchev–Trinajstić information content (AvgIpc) is 3.03. The van der Waals surface area contributed by atoms with Crippen molar-refractivity contribution in [1.82, 2.24) is 16.0 Å². The molecule has 0 aliphatic carbocycles. The summed E-state index contributed by atoms with van der Waals surface area (Å²) in [4.78, 5) is 16.1. The Balaban J connectivity index is 1.70. The maximum Gasteiger partial charge on any atom is 0.251 e. The van der Waals surface area contributed by atoms with E-state index >= 15 is 0 Å². The van der Waals surface area contributed by atoms with E-state index in [0.29, 0.717) is 36.7 Å². The molecule has 2 rings (SSSR count). The van der Waals surface area contributed by atoms with E-state index in [1.54, 1.807) is 26.1 Å². The smallest absolute Gasteiger partial charge is 0.251 e. The molecule has 0 spiro atoms. The van der Waals surface area contributed by atoms with Gasteiger partial charge >= 0.3 is 0 Å². The monoisotopic (exact) mass is 350 g/mol. The second-order valence-electron chi connectivity index (χ2n) is 6.47. The fourth-order valence-corrected chi connectivity index (χ4v) is 2.66. The largest absolute Gasteiger partial charge is 0.373 e. The van der Waals surface area contributed by atoms with E-state index in [-0.39, 0.29) is 17.3 Å². The van der Waals surface area contributed by atoms with E-state index in [1.807, 2.05) is 0 Å². The van der Waals surface area contributed by atoms with Crippen LogP contribution >= 0.6 is 0 Å². The van der Waals surface area contributed by atoms with Crippen LogP contribution in [0.5, 0.6) is 0 Å². The highest BCUT2D eigenvalue weighted by Crippen LogP contribution is 2.23. The maximum absolute atomic E-state index is 13.5. The number of nitrogens with zero attached hydrogens (tertiary/aromatic N) is 1. The normalized spacial score (nSPS) is 20.4. The van der Waals surface area contributed by atoms with Crippen LogP contribution in [0.25, 0.3) is 0 Å². The van der Waals surface area contributed by atoms with Crippen molar-refractivity contribution < 1.29 is 13.9 Å². The minimum Gasteiger partial charge on any atom is -0.373 e. The average molecular weight is 350 g/mol. The minimum absolute atomic E-state index is 0.151. The molecule has 1 fully saturated rings. The molecule has 0 bridgehead atoms. The Kier molecular flexibility index (Phi) is 6.75. The van der Waals surface area contributed by atoms with Gasteiger partial charge in [0, 0.05) is 38.9 Å². The first kappa shape index (κ1) is 19.2. The van der Waals surface area contributed by atoms with Crippen LogP contribution in [0.2, 0.25) is 0 Å². The third kappa shape index (κ3) is 5.70. The van der Waals surface area contributed by atoms with Crippen LogP contribution in [0.4, 0.5) is 4.39 Å². The number of hydrogen-bond donors (Lipinski definition) is 3. The van der Waals surface area contributed by atoms with E-state index in [1.165, 1.54) is 6.07 Å². The third-order valence-corrected chi connectivity index (χ3v) is 4.29. The van der Waals surface area contributed by atoms with Crippen molar-refractivity contribution in [3.05, 3.63) is 35.1 Å². The zero-order chi connectivity index (χ0) is 18.3.